The van der Waals surface area contributed by atoms with E-state index in [-0.39, 0.29) is 17.6 Å². The molecule has 0 aliphatic carbocycles. The van der Waals surface area contributed by atoms with Gasteiger partial charge < -0.3 is 20.0 Å². The number of benzene rings is 1. The van der Waals surface area contributed by atoms with Gasteiger partial charge in [-0.1, -0.05) is 55.3 Å². The number of hydrogen-bond donors (Lipinski definition) is 2. The van der Waals surface area contributed by atoms with Gasteiger partial charge in [0.1, 0.15) is 22.9 Å². The summed E-state index contributed by atoms with van der Waals surface area (Å²) in [5.41, 5.74) is 2.08. The van der Waals surface area contributed by atoms with Crippen LogP contribution in [0.3, 0.4) is 0 Å². The van der Waals surface area contributed by atoms with E-state index >= 15 is 0 Å². The van der Waals surface area contributed by atoms with Crippen LogP contribution in [0.1, 0.15) is 76.6 Å². The maximum atomic E-state index is 13.2. The number of oxime groups is 1. The third-order valence-corrected chi connectivity index (χ3v) is 7.16. The Balaban J connectivity index is 1.40. The lowest BCUT2D eigenvalue weighted by atomic mass is 9.87. The smallest absolute Gasteiger partial charge is 0.269 e. The van der Waals surface area contributed by atoms with Crippen LogP contribution in [-0.4, -0.2) is 58.0 Å². The molecule has 0 radical (unpaired) electrons. The number of likely N-dealkylation sites (tertiary alicyclic amines) is 1. The summed E-state index contributed by atoms with van der Waals surface area (Å²) in [6.07, 6.45) is 8.76. The Bertz CT molecular complexity index is 1020. The second kappa shape index (κ2) is 11.6. The number of amides is 1. The zero-order chi connectivity index (χ0) is 24.7. The molecule has 0 unspecified atom stereocenters. The first-order valence-electron chi connectivity index (χ1n) is 12.8. The Morgan fingerprint density at radius 3 is 2.69 bits per heavy atom. The monoisotopic (exact) mass is 479 g/mol. The maximum absolute atomic E-state index is 13.2. The number of carbonyl (C=O) groups excluding carboxylic acids is 2. The van der Waals surface area contributed by atoms with Gasteiger partial charge in [-0.25, -0.2) is 4.98 Å². The number of aromatic amines is 1. The lowest BCUT2D eigenvalue weighted by molar-refractivity contribution is -0.119. The molecule has 4 rings (SSSR count). The van der Waals surface area contributed by atoms with Gasteiger partial charge in [0, 0.05) is 45.2 Å². The lowest BCUT2D eigenvalue weighted by Gasteiger charge is -2.35. The van der Waals surface area contributed by atoms with E-state index in [0.717, 1.165) is 68.7 Å². The summed E-state index contributed by atoms with van der Waals surface area (Å²) in [7, 11) is 2.10. The molecule has 35 heavy (non-hydrogen) atoms. The molecule has 1 aromatic heterocycles. The van der Waals surface area contributed by atoms with Crippen molar-refractivity contribution in [3.05, 3.63) is 42.4 Å². The van der Waals surface area contributed by atoms with E-state index in [4.69, 9.17) is 4.84 Å². The molecule has 1 amide bonds. The number of imidazole rings is 1. The Labute approximate surface area is 207 Å². The van der Waals surface area contributed by atoms with Gasteiger partial charge in [0.05, 0.1) is 17.9 Å². The summed E-state index contributed by atoms with van der Waals surface area (Å²) >= 11 is 0. The number of carbonyl (C=O) groups is 2. The largest absolute Gasteiger partial charge is 0.388 e. The Hall–Kier alpha value is -3.00. The minimum absolute atomic E-state index is 0.190. The molecule has 2 aromatic rings. The van der Waals surface area contributed by atoms with Crippen LogP contribution in [-0.2, 0) is 14.4 Å². The van der Waals surface area contributed by atoms with E-state index in [1.807, 2.05) is 43.5 Å². The van der Waals surface area contributed by atoms with Gasteiger partial charge in [-0.2, -0.15) is 0 Å². The molecule has 3 heterocycles. The van der Waals surface area contributed by atoms with Crippen molar-refractivity contribution >= 4 is 17.4 Å². The molecule has 2 aliphatic heterocycles. The third-order valence-electron chi connectivity index (χ3n) is 7.16. The molecule has 1 atom stereocenters. The molecule has 1 saturated heterocycles. The molecule has 8 nitrogen and oxygen atoms in total. The number of aromatic nitrogens is 2. The molecule has 0 bridgehead atoms. The highest BCUT2D eigenvalue weighted by molar-refractivity contribution is 6.39. The van der Waals surface area contributed by atoms with Gasteiger partial charge in [0.25, 0.3) is 5.91 Å². The van der Waals surface area contributed by atoms with Crippen LogP contribution in [0, 0.1) is 0 Å². The highest BCUT2D eigenvalue weighted by atomic mass is 16.7. The number of Topliss-reactive ketones (excluding diaryl/α,β-unsaturated/α-hetero) is 1. The molecular formula is C27H37N5O3. The van der Waals surface area contributed by atoms with E-state index in [9.17, 15) is 9.59 Å². The first-order valence-corrected chi connectivity index (χ1v) is 12.8. The van der Waals surface area contributed by atoms with Gasteiger partial charge in [-0.05, 0) is 25.5 Å². The van der Waals surface area contributed by atoms with Crippen LogP contribution in [0.4, 0.5) is 0 Å². The second-order valence-corrected chi connectivity index (χ2v) is 9.86. The molecule has 1 spiro atoms. The van der Waals surface area contributed by atoms with Crippen molar-refractivity contribution in [2.75, 3.05) is 20.1 Å². The fourth-order valence-corrected chi connectivity index (χ4v) is 4.76. The summed E-state index contributed by atoms with van der Waals surface area (Å²) in [5, 5.41) is 7.35. The number of H-pyrrole nitrogens is 1. The van der Waals surface area contributed by atoms with Crippen LogP contribution in [0.25, 0.3) is 11.3 Å². The minimum atomic E-state index is -0.342. The number of ketones is 1. The van der Waals surface area contributed by atoms with Crippen molar-refractivity contribution in [1.82, 2.24) is 20.2 Å². The highest BCUT2D eigenvalue weighted by Gasteiger charge is 2.43. The summed E-state index contributed by atoms with van der Waals surface area (Å²) in [6.45, 7) is 3.80. The molecule has 0 saturated carbocycles. The molecule has 2 aliphatic rings. The van der Waals surface area contributed by atoms with Gasteiger partial charge in [-0.15, -0.1) is 0 Å². The van der Waals surface area contributed by atoms with E-state index < -0.39 is 0 Å². The van der Waals surface area contributed by atoms with Crippen molar-refractivity contribution in [2.24, 2.45) is 5.16 Å². The average molecular weight is 480 g/mol. The zero-order valence-electron chi connectivity index (χ0n) is 20.9. The molecular weight excluding hydrogens is 442 g/mol. The van der Waals surface area contributed by atoms with Crippen LogP contribution in [0.5, 0.6) is 0 Å². The van der Waals surface area contributed by atoms with Crippen molar-refractivity contribution in [3.63, 3.8) is 0 Å². The molecule has 8 heteroatoms. The van der Waals surface area contributed by atoms with Crippen molar-refractivity contribution in [3.8, 4) is 11.3 Å². The van der Waals surface area contributed by atoms with Crippen LogP contribution >= 0.6 is 0 Å². The van der Waals surface area contributed by atoms with Crippen LogP contribution < -0.4 is 5.32 Å². The number of piperidine rings is 1. The topological polar surface area (TPSA) is 99.7 Å². The van der Waals surface area contributed by atoms with Crippen LogP contribution in [0.2, 0.25) is 0 Å². The minimum Gasteiger partial charge on any atom is -0.388 e. The molecule has 2 N–H and O–H groups in total. The number of nitrogens with zero attached hydrogens (tertiary/aromatic N) is 3. The van der Waals surface area contributed by atoms with E-state index in [2.05, 4.69) is 32.4 Å². The van der Waals surface area contributed by atoms with Crippen molar-refractivity contribution in [2.45, 2.75) is 76.4 Å². The SMILES string of the molecule is CCC(=O)CCCCC[C@H](NC(=O)C1=NOC2(CCN(C)CC2)C1)c1ncc(-c2ccccc2)[nH]1. The molecule has 1 fully saturated rings. The predicted octanol–water partition coefficient (Wildman–Crippen LogP) is 4.40. The fraction of sp³-hybridized carbons (Fsp3) is 0.556. The third kappa shape index (κ3) is 6.57. The average Bonchev–Trinajstić information content (AvgIpc) is 3.54. The standard InChI is InChI=1S/C27H37N5O3/c1-3-21(33)12-8-5-9-13-22(25-28-19-24(29-25)20-10-6-4-7-11-20)30-26(34)23-18-27(35-31-23)14-16-32(2)17-15-27/h4,6-7,10-11,19,22H,3,5,8-9,12-18H2,1-2H3,(H,28,29)(H,30,34)/t22-/m0/s1. The lowest BCUT2D eigenvalue weighted by Crippen LogP contribution is -2.44. The van der Waals surface area contributed by atoms with Gasteiger partial charge in [0.2, 0.25) is 0 Å². The van der Waals surface area contributed by atoms with Crippen molar-refractivity contribution in [1.29, 1.82) is 0 Å². The van der Waals surface area contributed by atoms with Crippen molar-refractivity contribution < 1.29 is 14.4 Å². The normalized spacial score (nSPS) is 18.2. The van der Waals surface area contributed by atoms with Gasteiger partial charge >= 0.3 is 0 Å². The number of hydrogen-bond acceptors (Lipinski definition) is 6. The van der Waals surface area contributed by atoms with Gasteiger partial charge in [-0.3, -0.25) is 9.59 Å². The summed E-state index contributed by atoms with van der Waals surface area (Å²) in [4.78, 5) is 40.9. The first kappa shape index (κ1) is 25.1. The maximum Gasteiger partial charge on any atom is 0.269 e. The first-order chi connectivity index (χ1) is 17.0. The van der Waals surface area contributed by atoms with Gasteiger partial charge in [0.15, 0.2) is 0 Å². The summed E-state index contributed by atoms with van der Waals surface area (Å²) in [5.74, 6) is 0.843. The van der Waals surface area contributed by atoms with E-state index in [0.29, 0.717) is 30.8 Å². The number of nitrogens with one attached hydrogen (secondary N) is 2. The van der Waals surface area contributed by atoms with E-state index in [1.54, 1.807) is 0 Å². The Morgan fingerprint density at radius 2 is 1.94 bits per heavy atom. The highest BCUT2D eigenvalue weighted by Crippen LogP contribution is 2.34. The number of unbranched alkanes of at least 4 members (excludes halogenated alkanes) is 2. The summed E-state index contributed by atoms with van der Waals surface area (Å²) < 4.78 is 0. The second-order valence-electron chi connectivity index (χ2n) is 9.86. The quantitative estimate of drug-likeness (QED) is 0.465. The Kier molecular flexibility index (Phi) is 8.33. The van der Waals surface area contributed by atoms with E-state index in [1.165, 1.54) is 0 Å². The zero-order valence-corrected chi connectivity index (χ0v) is 20.9. The molecule has 188 valence electrons. The fourth-order valence-electron chi connectivity index (χ4n) is 4.76. The molecule has 1 aromatic carbocycles. The predicted molar refractivity (Wildman–Crippen MR) is 136 cm³/mol. The number of rotatable bonds is 11. The Morgan fingerprint density at radius 1 is 1.17 bits per heavy atom. The summed E-state index contributed by atoms with van der Waals surface area (Å²) in [6, 6.07) is 9.75. The van der Waals surface area contributed by atoms with Crippen LogP contribution in [0.15, 0.2) is 41.7 Å².